The molecule has 3 heteroatoms. The number of benzene rings is 3. The van der Waals surface area contributed by atoms with Gasteiger partial charge in [-0.15, -0.1) is 0 Å². The van der Waals surface area contributed by atoms with Crippen molar-refractivity contribution in [2.45, 2.75) is 25.4 Å². The Morgan fingerprint density at radius 1 is 0.929 bits per heavy atom. The minimum absolute atomic E-state index is 0.138. The van der Waals surface area contributed by atoms with Gasteiger partial charge in [0.05, 0.1) is 5.56 Å². The zero-order valence-corrected chi connectivity index (χ0v) is 16.5. The molecule has 0 spiro atoms. The number of allylic oxidation sites excluding steroid dienone is 1. The van der Waals surface area contributed by atoms with Crippen molar-refractivity contribution in [3.8, 4) is 4.90 Å². The molecule has 28 heavy (non-hydrogen) atoms. The molecule has 1 aromatic heterocycles. The molecule has 0 N–H and O–H groups in total. The van der Waals surface area contributed by atoms with Crippen LogP contribution in [0.3, 0.4) is 0 Å². The van der Waals surface area contributed by atoms with E-state index in [9.17, 15) is 4.79 Å². The van der Waals surface area contributed by atoms with Gasteiger partial charge in [-0.1, -0.05) is 36.4 Å². The molecular formula is C25H21O2S+. The van der Waals surface area contributed by atoms with Crippen molar-refractivity contribution in [1.82, 2.24) is 0 Å². The van der Waals surface area contributed by atoms with Crippen LogP contribution in [0.1, 0.15) is 30.1 Å². The molecule has 2 nitrogen and oxygen atoms in total. The summed E-state index contributed by atoms with van der Waals surface area (Å²) in [7, 11) is -0.138. The van der Waals surface area contributed by atoms with E-state index >= 15 is 0 Å². The average molecular weight is 386 g/mol. The third kappa shape index (κ3) is 2.83. The fourth-order valence-corrected chi connectivity index (χ4v) is 6.36. The number of esters is 1. The molecule has 1 aliphatic carbocycles. The van der Waals surface area contributed by atoms with Gasteiger partial charge in [-0.25, -0.2) is 4.79 Å². The van der Waals surface area contributed by atoms with Crippen molar-refractivity contribution >= 4 is 36.6 Å². The minimum atomic E-state index is -0.484. The highest BCUT2D eigenvalue weighted by Crippen LogP contribution is 2.48. The van der Waals surface area contributed by atoms with Gasteiger partial charge in [0.25, 0.3) is 0 Å². The second-order valence-electron chi connectivity index (χ2n) is 7.47. The van der Waals surface area contributed by atoms with Crippen LogP contribution in [-0.4, -0.2) is 11.6 Å². The maximum atomic E-state index is 12.8. The number of hydrogen-bond donors (Lipinski definition) is 0. The lowest BCUT2D eigenvalue weighted by molar-refractivity contribution is 0.0110. The third-order valence-electron chi connectivity index (χ3n) is 5.41. The van der Waals surface area contributed by atoms with Crippen LogP contribution in [0.25, 0.3) is 25.1 Å². The Labute approximate surface area is 167 Å². The summed E-state index contributed by atoms with van der Waals surface area (Å²) < 4.78 is 8.41. The zero-order chi connectivity index (χ0) is 19.1. The smallest absolute Gasteiger partial charge is 0.339 e. The molecule has 0 fully saturated rings. The van der Waals surface area contributed by atoms with Crippen LogP contribution >= 0.6 is 10.5 Å². The van der Waals surface area contributed by atoms with E-state index in [0.717, 1.165) is 18.2 Å². The lowest BCUT2D eigenvalue weighted by atomic mass is 10.1. The molecular weight excluding hydrogens is 364 g/mol. The Bertz CT molecular complexity index is 1220. The number of carbonyl (C=O) groups is 1. The molecule has 0 aliphatic heterocycles. The van der Waals surface area contributed by atoms with Crippen molar-refractivity contribution in [3.63, 3.8) is 0 Å². The fourth-order valence-electron chi connectivity index (χ4n) is 3.98. The molecule has 0 saturated heterocycles. The van der Waals surface area contributed by atoms with Crippen molar-refractivity contribution in [2.75, 3.05) is 0 Å². The molecule has 4 aromatic rings. The van der Waals surface area contributed by atoms with Gasteiger partial charge in [0.1, 0.15) is 5.60 Å². The van der Waals surface area contributed by atoms with E-state index in [-0.39, 0.29) is 16.4 Å². The molecule has 2 atom stereocenters. The monoisotopic (exact) mass is 385 g/mol. The maximum absolute atomic E-state index is 12.8. The minimum Gasteiger partial charge on any atom is -0.452 e. The van der Waals surface area contributed by atoms with Gasteiger partial charge >= 0.3 is 5.97 Å². The molecule has 0 bridgehead atoms. The summed E-state index contributed by atoms with van der Waals surface area (Å²) in [6, 6.07) is 25.1. The summed E-state index contributed by atoms with van der Waals surface area (Å²) >= 11 is 0. The van der Waals surface area contributed by atoms with E-state index in [4.69, 9.17) is 4.74 Å². The van der Waals surface area contributed by atoms with Crippen LogP contribution < -0.4 is 0 Å². The first kappa shape index (κ1) is 17.2. The van der Waals surface area contributed by atoms with Gasteiger partial charge in [0.2, 0.25) is 0 Å². The van der Waals surface area contributed by atoms with E-state index < -0.39 is 5.60 Å². The van der Waals surface area contributed by atoms with Crippen LogP contribution in [0, 0.1) is 0 Å². The van der Waals surface area contributed by atoms with Gasteiger partial charge in [-0.3, -0.25) is 0 Å². The molecule has 1 heterocycles. The Morgan fingerprint density at radius 2 is 1.68 bits per heavy atom. The van der Waals surface area contributed by atoms with Crippen LogP contribution in [0.15, 0.2) is 84.9 Å². The van der Waals surface area contributed by atoms with Gasteiger partial charge in [0, 0.05) is 21.2 Å². The topological polar surface area (TPSA) is 26.3 Å². The molecule has 1 aliphatic rings. The first-order chi connectivity index (χ1) is 13.6. The summed E-state index contributed by atoms with van der Waals surface area (Å²) in [6.07, 6.45) is 5.89. The Morgan fingerprint density at radius 3 is 2.46 bits per heavy atom. The largest absolute Gasteiger partial charge is 0.452 e. The lowest BCUT2D eigenvalue weighted by Crippen LogP contribution is -2.27. The van der Waals surface area contributed by atoms with Crippen molar-refractivity contribution in [2.24, 2.45) is 0 Å². The van der Waals surface area contributed by atoms with E-state index in [1.165, 1.54) is 19.7 Å². The highest BCUT2D eigenvalue weighted by atomic mass is 32.2. The normalized spacial score (nSPS) is 19.4. The summed E-state index contributed by atoms with van der Waals surface area (Å²) in [4.78, 5) is 14.1. The first-order valence-corrected chi connectivity index (χ1v) is 10.8. The molecule has 5 rings (SSSR count). The molecule has 2 unspecified atom stereocenters. The summed E-state index contributed by atoms with van der Waals surface area (Å²) in [5.74, 6) is -0.249. The molecule has 0 radical (unpaired) electrons. The Balaban J connectivity index is 1.65. The second kappa shape index (κ2) is 6.61. The standard InChI is InChI=1S/C25H21O2S/c1-25(15-7-8-16-25)27-24(26)18-13-14-23-21(17-18)20-11-5-6-12-22(20)28(23)19-9-3-2-4-10-19/h2-7,9-15,17H,8,16H2,1H3/q+1. The number of fused-ring (bicyclic) bond motifs is 3. The summed E-state index contributed by atoms with van der Waals surface area (Å²) in [6.45, 7) is 1.98. The fraction of sp³-hybridized carbons (Fsp3) is 0.160. The van der Waals surface area contributed by atoms with Crippen molar-refractivity contribution < 1.29 is 9.53 Å². The Kier molecular flexibility index (Phi) is 4.06. The molecule has 138 valence electrons. The first-order valence-electron chi connectivity index (χ1n) is 9.58. The van der Waals surface area contributed by atoms with Crippen LogP contribution in [0.2, 0.25) is 0 Å². The third-order valence-corrected chi connectivity index (χ3v) is 7.75. The van der Waals surface area contributed by atoms with E-state index in [1.807, 2.05) is 31.2 Å². The lowest BCUT2D eigenvalue weighted by Gasteiger charge is -2.22. The van der Waals surface area contributed by atoms with Gasteiger partial charge < -0.3 is 4.74 Å². The van der Waals surface area contributed by atoms with E-state index in [1.54, 1.807) is 0 Å². The van der Waals surface area contributed by atoms with Crippen LogP contribution in [0.5, 0.6) is 0 Å². The number of carbonyl (C=O) groups excluding carboxylic acids is 1. The quantitative estimate of drug-likeness (QED) is 0.216. The summed E-state index contributed by atoms with van der Waals surface area (Å²) in [5, 5.41) is 2.36. The van der Waals surface area contributed by atoms with Crippen LogP contribution in [0.4, 0.5) is 0 Å². The van der Waals surface area contributed by atoms with E-state index in [2.05, 4.69) is 60.7 Å². The number of hydrogen-bond acceptors (Lipinski definition) is 2. The number of rotatable bonds is 3. The van der Waals surface area contributed by atoms with Crippen molar-refractivity contribution in [3.05, 3.63) is 90.5 Å². The van der Waals surface area contributed by atoms with Gasteiger partial charge in [0.15, 0.2) is 14.3 Å². The van der Waals surface area contributed by atoms with Crippen LogP contribution in [-0.2, 0) is 4.74 Å². The zero-order valence-electron chi connectivity index (χ0n) is 15.7. The molecule has 3 aromatic carbocycles. The predicted molar refractivity (Wildman–Crippen MR) is 117 cm³/mol. The number of ether oxygens (including phenoxy) is 1. The Hall–Kier alpha value is -2.91. The number of thiophene rings is 1. The SMILES string of the molecule is CC1(OC(=O)c2ccc3c(c2)c2ccccc2[s+]3-c2ccccc2)C=CCC1. The highest BCUT2D eigenvalue weighted by Gasteiger charge is 2.30. The predicted octanol–water partition coefficient (Wildman–Crippen LogP) is 7.00. The molecule has 0 amide bonds. The average Bonchev–Trinajstić information content (AvgIpc) is 3.29. The maximum Gasteiger partial charge on any atom is 0.339 e. The molecule has 0 saturated carbocycles. The highest BCUT2D eigenvalue weighted by molar-refractivity contribution is 7.50. The van der Waals surface area contributed by atoms with E-state index in [0.29, 0.717) is 5.56 Å². The van der Waals surface area contributed by atoms with Crippen molar-refractivity contribution in [1.29, 1.82) is 0 Å². The summed E-state index contributed by atoms with van der Waals surface area (Å²) in [5.41, 5.74) is 0.135. The van der Waals surface area contributed by atoms with Gasteiger partial charge in [-0.05, 0) is 68.3 Å². The van der Waals surface area contributed by atoms with Gasteiger partial charge in [-0.2, -0.15) is 0 Å². The second-order valence-corrected chi connectivity index (χ2v) is 9.43.